The molecule has 0 amide bonds. The average Bonchev–Trinajstić information content (AvgIpc) is 2.54. The minimum atomic E-state index is 0.500. The maximum atomic E-state index is 10.9. The van der Waals surface area contributed by atoms with E-state index in [1.54, 1.807) is 0 Å². The van der Waals surface area contributed by atoms with Crippen molar-refractivity contribution in [2.45, 2.75) is 59.4 Å². The molecule has 1 unspecified atom stereocenters. The van der Waals surface area contributed by atoms with Crippen LogP contribution in [-0.2, 0) is 0 Å². The molecule has 0 saturated heterocycles. The van der Waals surface area contributed by atoms with E-state index < -0.39 is 0 Å². The summed E-state index contributed by atoms with van der Waals surface area (Å²) in [7, 11) is 0. The number of hydrogen-bond acceptors (Lipinski definition) is 1. The van der Waals surface area contributed by atoms with Crippen LogP contribution in [0, 0.1) is 13.8 Å². The minimum absolute atomic E-state index is 0.500. The number of carbonyl (C=O) groups is 1. The van der Waals surface area contributed by atoms with Crippen molar-refractivity contribution in [1.82, 2.24) is 4.57 Å². The van der Waals surface area contributed by atoms with Gasteiger partial charge in [-0.15, -0.1) is 0 Å². The highest BCUT2D eigenvalue weighted by molar-refractivity contribution is 5.77. The summed E-state index contributed by atoms with van der Waals surface area (Å²) < 4.78 is 2.29. The highest BCUT2D eigenvalue weighted by Gasteiger charge is 2.13. The largest absolute Gasteiger partial charge is 0.346 e. The number of hydrogen-bond donors (Lipinski definition) is 0. The smallest absolute Gasteiger partial charge is 0.151 e. The first-order valence-electron chi connectivity index (χ1n) is 6.25. The van der Waals surface area contributed by atoms with E-state index in [0.29, 0.717) is 6.04 Å². The molecule has 2 nitrogen and oxygen atoms in total. The number of aromatic nitrogens is 1. The summed E-state index contributed by atoms with van der Waals surface area (Å²) in [6.07, 6.45) is 5.98. The van der Waals surface area contributed by atoms with Crippen LogP contribution in [0.4, 0.5) is 0 Å². The molecule has 0 aliphatic carbocycles. The lowest BCUT2D eigenvalue weighted by Crippen LogP contribution is -2.09. The zero-order valence-corrected chi connectivity index (χ0v) is 10.9. The number of unbranched alkanes of at least 4 members (excludes halogenated alkanes) is 2. The van der Waals surface area contributed by atoms with Crippen molar-refractivity contribution in [3.05, 3.63) is 23.0 Å². The Bertz CT molecular complexity index is 352. The van der Waals surface area contributed by atoms with Gasteiger partial charge in [0.25, 0.3) is 0 Å². The van der Waals surface area contributed by atoms with Gasteiger partial charge in [0, 0.05) is 23.0 Å². The van der Waals surface area contributed by atoms with E-state index in [1.807, 2.05) is 13.0 Å². The summed E-state index contributed by atoms with van der Waals surface area (Å²) in [5, 5.41) is 0. The molecule has 0 aromatic carbocycles. The van der Waals surface area contributed by atoms with Crippen molar-refractivity contribution in [1.29, 1.82) is 0 Å². The number of aryl methyl sites for hydroxylation is 1. The molecule has 2 heteroatoms. The Morgan fingerprint density at radius 1 is 1.38 bits per heavy atom. The lowest BCUT2D eigenvalue weighted by atomic mass is 10.1. The molecule has 0 radical (unpaired) electrons. The molecule has 16 heavy (non-hydrogen) atoms. The van der Waals surface area contributed by atoms with Gasteiger partial charge in [0.1, 0.15) is 0 Å². The number of nitrogens with zero attached hydrogens (tertiary/aromatic N) is 1. The van der Waals surface area contributed by atoms with Gasteiger partial charge in [-0.2, -0.15) is 0 Å². The van der Waals surface area contributed by atoms with Crippen molar-refractivity contribution in [3.63, 3.8) is 0 Å². The normalized spacial score (nSPS) is 12.8. The molecule has 0 spiro atoms. The van der Waals surface area contributed by atoms with Crippen LogP contribution >= 0.6 is 0 Å². The topological polar surface area (TPSA) is 22.0 Å². The maximum absolute atomic E-state index is 10.9. The molecule has 0 fully saturated rings. The molecule has 1 aromatic heterocycles. The fourth-order valence-electron chi connectivity index (χ4n) is 2.42. The van der Waals surface area contributed by atoms with E-state index in [0.717, 1.165) is 17.5 Å². The Labute approximate surface area is 98.7 Å². The summed E-state index contributed by atoms with van der Waals surface area (Å²) in [5.74, 6) is 0. The molecule has 0 bridgehead atoms. The van der Waals surface area contributed by atoms with Crippen molar-refractivity contribution >= 4 is 6.29 Å². The van der Waals surface area contributed by atoms with Crippen LogP contribution in [0.15, 0.2) is 6.07 Å². The number of rotatable bonds is 6. The molecule has 0 N–H and O–H groups in total. The van der Waals surface area contributed by atoms with Gasteiger partial charge in [0.2, 0.25) is 0 Å². The zero-order chi connectivity index (χ0) is 12.1. The third-order valence-electron chi connectivity index (χ3n) is 3.32. The SMILES string of the molecule is CCCCCC(C)n1c(C)cc(C=O)c1C. The van der Waals surface area contributed by atoms with Crippen molar-refractivity contribution in [2.24, 2.45) is 0 Å². The molecular weight excluding hydrogens is 198 g/mol. The summed E-state index contributed by atoms with van der Waals surface area (Å²) in [6, 6.07) is 2.49. The van der Waals surface area contributed by atoms with Gasteiger partial charge in [-0.1, -0.05) is 26.2 Å². The van der Waals surface area contributed by atoms with Crippen LogP contribution in [0.25, 0.3) is 0 Å². The number of carbonyl (C=O) groups excluding carboxylic acids is 1. The van der Waals surface area contributed by atoms with E-state index in [-0.39, 0.29) is 0 Å². The quantitative estimate of drug-likeness (QED) is 0.524. The van der Waals surface area contributed by atoms with Crippen molar-refractivity contribution < 1.29 is 4.79 Å². The first-order valence-corrected chi connectivity index (χ1v) is 6.25. The van der Waals surface area contributed by atoms with Crippen LogP contribution < -0.4 is 0 Å². The van der Waals surface area contributed by atoms with Crippen LogP contribution in [0.2, 0.25) is 0 Å². The summed E-state index contributed by atoms with van der Waals surface area (Å²) in [4.78, 5) is 10.9. The molecule has 1 aromatic rings. The molecule has 1 atom stereocenters. The van der Waals surface area contributed by atoms with Crippen molar-refractivity contribution in [3.8, 4) is 0 Å². The minimum Gasteiger partial charge on any atom is -0.346 e. The second-order valence-corrected chi connectivity index (χ2v) is 4.66. The predicted molar refractivity (Wildman–Crippen MR) is 68.1 cm³/mol. The van der Waals surface area contributed by atoms with E-state index in [9.17, 15) is 4.79 Å². The highest BCUT2D eigenvalue weighted by Crippen LogP contribution is 2.23. The molecule has 90 valence electrons. The number of aldehydes is 1. The Morgan fingerprint density at radius 3 is 2.56 bits per heavy atom. The van der Waals surface area contributed by atoms with Crippen LogP contribution in [-0.4, -0.2) is 10.9 Å². The second-order valence-electron chi connectivity index (χ2n) is 4.66. The molecule has 0 aliphatic rings. The third-order valence-corrected chi connectivity index (χ3v) is 3.32. The summed E-state index contributed by atoms with van der Waals surface area (Å²) >= 11 is 0. The Morgan fingerprint density at radius 2 is 2.06 bits per heavy atom. The van der Waals surface area contributed by atoms with Gasteiger partial charge in [-0.3, -0.25) is 4.79 Å². The molecule has 0 saturated carbocycles. The van der Waals surface area contributed by atoms with Gasteiger partial charge >= 0.3 is 0 Å². The maximum Gasteiger partial charge on any atom is 0.151 e. The van der Waals surface area contributed by atoms with Gasteiger partial charge < -0.3 is 4.57 Å². The monoisotopic (exact) mass is 221 g/mol. The van der Waals surface area contributed by atoms with E-state index in [1.165, 1.54) is 31.4 Å². The van der Waals surface area contributed by atoms with E-state index >= 15 is 0 Å². The predicted octanol–water partition coefficient (Wildman–Crippen LogP) is 4.06. The van der Waals surface area contributed by atoms with Crippen LogP contribution in [0.3, 0.4) is 0 Å². The first-order chi connectivity index (χ1) is 7.61. The fraction of sp³-hybridized carbons (Fsp3) is 0.643. The summed E-state index contributed by atoms with van der Waals surface area (Å²) in [5.41, 5.74) is 3.14. The van der Waals surface area contributed by atoms with Crippen LogP contribution in [0.1, 0.15) is 67.3 Å². The standard InChI is InChI=1S/C14H23NO/c1-5-6-7-8-11(2)15-12(3)9-14(10-16)13(15)4/h9-11H,5-8H2,1-4H3. The Balaban J connectivity index is 2.78. The lowest BCUT2D eigenvalue weighted by molar-refractivity contribution is 0.112. The highest BCUT2D eigenvalue weighted by atomic mass is 16.1. The van der Waals surface area contributed by atoms with Crippen molar-refractivity contribution in [2.75, 3.05) is 0 Å². The van der Waals surface area contributed by atoms with E-state index in [2.05, 4.69) is 25.3 Å². The zero-order valence-electron chi connectivity index (χ0n) is 10.9. The van der Waals surface area contributed by atoms with Gasteiger partial charge in [0.15, 0.2) is 6.29 Å². The fourth-order valence-corrected chi connectivity index (χ4v) is 2.42. The second kappa shape index (κ2) is 5.88. The summed E-state index contributed by atoms with van der Waals surface area (Å²) in [6.45, 7) is 8.58. The molecular formula is C14H23NO. The molecule has 1 heterocycles. The van der Waals surface area contributed by atoms with Gasteiger partial charge in [-0.05, 0) is 33.3 Å². The van der Waals surface area contributed by atoms with Gasteiger partial charge in [-0.25, -0.2) is 0 Å². The van der Waals surface area contributed by atoms with E-state index in [4.69, 9.17) is 0 Å². The molecule has 0 aliphatic heterocycles. The Hall–Kier alpha value is -1.05. The lowest BCUT2D eigenvalue weighted by Gasteiger charge is -2.18. The average molecular weight is 221 g/mol. The first kappa shape index (κ1) is 13.0. The van der Waals surface area contributed by atoms with Crippen LogP contribution in [0.5, 0.6) is 0 Å². The molecule has 1 rings (SSSR count). The Kier molecular flexibility index (Phi) is 4.78. The van der Waals surface area contributed by atoms with Gasteiger partial charge in [0.05, 0.1) is 0 Å². The third kappa shape index (κ3) is 2.75.